The van der Waals surface area contributed by atoms with Crippen LogP contribution in [0.4, 0.5) is 16.2 Å². The lowest BCUT2D eigenvalue weighted by Crippen LogP contribution is -2.70. The standard InChI is InChI=1S/C26H30N6O6/c1-25(2,3)32-20(34)16(19(33)28-23(32)37)13-27-15-8-9-17-14(11-15)12-26(18-7-6-10-31(17)18)21(35)29(4)24(38)30(5)22(26)36/h8-9,11,13,18,34H,6-7,10,12H2,1-5H3,(H,28,33,37). The third kappa shape index (κ3) is 3.50. The van der Waals surface area contributed by atoms with Crippen molar-refractivity contribution in [1.29, 1.82) is 0 Å². The maximum atomic E-state index is 13.5. The Morgan fingerprint density at radius 2 is 1.74 bits per heavy atom. The minimum Gasteiger partial charge on any atom is -0.494 e. The lowest BCUT2D eigenvalue weighted by atomic mass is 9.68. The van der Waals surface area contributed by atoms with E-state index >= 15 is 0 Å². The molecule has 3 aliphatic heterocycles. The van der Waals surface area contributed by atoms with Gasteiger partial charge in [0.2, 0.25) is 17.7 Å². The Morgan fingerprint density at radius 3 is 2.37 bits per heavy atom. The first-order chi connectivity index (χ1) is 17.8. The van der Waals surface area contributed by atoms with Crippen LogP contribution in [0.1, 0.15) is 44.7 Å². The van der Waals surface area contributed by atoms with E-state index < -0.39 is 45.9 Å². The zero-order valence-electron chi connectivity index (χ0n) is 21.9. The average Bonchev–Trinajstić information content (AvgIpc) is 3.34. The van der Waals surface area contributed by atoms with E-state index in [1.54, 1.807) is 32.9 Å². The minimum absolute atomic E-state index is 0.104. The van der Waals surface area contributed by atoms with E-state index in [1.807, 2.05) is 6.07 Å². The Kier molecular flexibility index (Phi) is 5.62. The molecule has 0 saturated carbocycles. The summed E-state index contributed by atoms with van der Waals surface area (Å²) in [7, 11) is 2.79. The molecule has 0 bridgehead atoms. The number of aromatic nitrogens is 2. The fourth-order valence-corrected chi connectivity index (χ4v) is 6.00. The van der Waals surface area contributed by atoms with Gasteiger partial charge >= 0.3 is 11.7 Å². The number of aliphatic imine (C=N–C) groups is 1. The second-order valence-corrected chi connectivity index (χ2v) is 11.1. The van der Waals surface area contributed by atoms with Crippen molar-refractivity contribution in [2.45, 2.75) is 51.6 Å². The molecule has 2 N–H and O–H groups in total. The summed E-state index contributed by atoms with van der Waals surface area (Å²) >= 11 is 0. The van der Waals surface area contributed by atoms with Crippen LogP contribution in [0.5, 0.6) is 5.88 Å². The molecule has 1 aromatic heterocycles. The predicted octanol–water partition coefficient (Wildman–Crippen LogP) is 1.31. The van der Waals surface area contributed by atoms with Gasteiger partial charge in [0.05, 0.1) is 11.7 Å². The number of barbiturate groups is 1. The number of urea groups is 1. The highest BCUT2D eigenvalue weighted by Gasteiger charge is 2.63. The van der Waals surface area contributed by atoms with Crippen molar-refractivity contribution in [3.8, 4) is 5.88 Å². The van der Waals surface area contributed by atoms with Crippen molar-refractivity contribution in [1.82, 2.24) is 19.4 Å². The van der Waals surface area contributed by atoms with Crippen LogP contribution in [0.3, 0.4) is 0 Å². The Hall–Kier alpha value is -4.22. The van der Waals surface area contributed by atoms with Gasteiger partial charge in [-0.15, -0.1) is 0 Å². The number of carbonyl (C=O) groups is 3. The van der Waals surface area contributed by atoms with Crippen LogP contribution in [0.2, 0.25) is 0 Å². The van der Waals surface area contributed by atoms with E-state index in [9.17, 15) is 29.1 Å². The highest BCUT2D eigenvalue weighted by molar-refractivity contribution is 6.20. The highest BCUT2D eigenvalue weighted by atomic mass is 16.3. The Labute approximate surface area is 218 Å². The highest BCUT2D eigenvalue weighted by Crippen LogP contribution is 2.49. The first-order valence-corrected chi connectivity index (χ1v) is 12.4. The van der Waals surface area contributed by atoms with Gasteiger partial charge in [-0.2, -0.15) is 0 Å². The number of H-pyrrole nitrogens is 1. The van der Waals surface area contributed by atoms with E-state index in [2.05, 4.69) is 14.9 Å². The number of benzene rings is 1. The number of imide groups is 2. The molecule has 4 heterocycles. The fourth-order valence-electron chi connectivity index (χ4n) is 6.00. The Balaban J connectivity index is 1.58. The molecular weight excluding hydrogens is 492 g/mol. The van der Waals surface area contributed by atoms with Gasteiger partial charge in [0, 0.05) is 38.1 Å². The number of aromatic hydroxyl groups is 1. The Bertz CT molecular complexity index is 1510. The Morgan fingerprint density at radius 1 is 1.08 bits per heavy atom. The zero-order chi connectivity index (χ0) is 27.7. The SMILES string of the molecule is CN1C(=O)N(C)C(=O)C2(Cc3cc(N=Cc4c(O)n(C(C)(C)C)c(=O)[nH]c4=O)ccc3N3CCCC32)C1=O. The van der Waals surface area contributed by atoms with Gasteiger partial charge in [-0.05, 0) is 63.8 Å². The number of amides is 4. The molecule has 12 heteroatoms. The van der Waals surface area contributed by atoms with Crippen LogP contribution >= 0.6 is 0 Å². The molecule has 1 aromatic carbocycles. The topological polar surface area (TPSA) is 148 Å². The van der Waals surface area contributed by atoms with Crippen molar-refractivity contribution in [2.24, 2.45) is 10.4 Å². The van der Waals surface area contributed by atoms with E-state index in [0.29, 0.717) is 24.2 Å². The number of nitrogens with one attached hydrogen (secondary N) is 1. The number of hydrogen-bond acceptors (Lipinski definition) is 8. The van der Waals surface area contributed by atoms with Gasteiger partial charge in [0.1, 0.15) is 5.56 Å². The van der Waals surface area contributed by atoms with Gasteiger partial charge in [0.25, 0.3) is 5.56 Å². The zero-order valence-corrected chi connectivity index (χ0v) is 21.9. The number of aromatic amines is 1. The van der Waals surface area contributed by atoms with Crippen LogP contribution in [0, 0.1) is 5.41 Å². The second kappa shape index (κ2) is 8.40. The van der Waals surface area contributed by atoms with Gasteiger partial charge in [-0.1, -0.05) is 0 Å². The summed E-state index contributed by atoms with van der Waals surface area (Å²) in [5, 5.41) is 10.7. The van der Waals surface area contributed by atoms with Crippen LogP contribution in [-0.4, -0.2) is 75.2 Å². The monoisotopic (exact) mass is 522 g/mol. The third-order valence-corrected chi connectivity index (χ3v) is 7.74. The number of rotatable bonds is 2. The summed E-state index contributed by atoms with van der Waals surface area (Å²) < 4.78 is 1.08. The maximum absolute atomic E-state index is 13.5. The second-order valence-electron chi connectivity index (χ2n) is 11.1. The fraction of sp³-hybridized carbons (Fsp3) is 0.462. The molecule has 12 nitrogen and oxygen atoms in total. The van der Waals surface area contributed by atoms with Crippen LogP contribution in [0.15, 0.2) is 32.8 Å². The molecule has 2 fully saturated rings. The largest absolute Gasteiger partial charge is 0.494 e. The molecule has 1 atom stereocenters. The molecule has 0 radical (unpaired) electrons. The van der Waals surface area contributed by atoms with Crippen LogP contribution < -0.4 is 16.1 Å². The number of hydrogen-bond donors (Lipinski definition) is 2. The molecule has 3 aliphatic rings. The lowest BCUT2D eigenvalue weighted by molar-refractivity contribution is -0.159. The molecule has 2 saturated heterocycles. The summed E-state index contributed by atoms with van der Waals surface area (Å²) in [6, 6.07) is 4.34. The van der Waals surface area contributed by atoms with E-state index in [0.717, 1.165) is 26.5 Å². The normalized spacial score (nSPS) is 21.0. The average molecular weight is 523 g/mol. The molecule has 5 rings (SSSR count). The van der Waals surface area contributed by atoms with Gasteiger partial charge in [-0.3, -0.25) is 38.7 Å². The summed E-state index contributed by atoms with van der Waals surface area (Å²) in [6.07, 6.45) is 2.75. The lowest BCUT2D eigenvalue weighted by Gasteiger charge is -2.50. The van der Waals surface area contributed by atoms with E-state index in [1.165, 1.54) is 20.3 Å². The van der Waals surface area contributed by atoms with Gasteiger partial charge in [-0.25, -0.2) is 9.59 Å². The maximum Gasteiger partial charge on any atom is 0.332 e. The van der Waals surface area contributed by atoms with Crippen molar-refractivity contribution >= 4 is 35.4 Å². The molecule has 38 heavy (non-hydrogen) atoms. The molecular formula is C26H30N6O6. The third-order valence-electron chi connectivity index (χ3n) is 7.74. The number of fused-ring (bicyclic) bond motifs is 4. The number of nitrogens with zero attached hydrogens (tertiary/aromatic N) is 5. The first kappa shape index (κ1) is 25.4. The number of anilines is 1. The molecule has 0 aliphatic carbocycles. The summed E-state index contributed by atoms with van der Waals surface area (Å²) in [4.78, 5) is 74.9. The smallest absolute Gasteiger partial charge is 0.332 e. The summed E-state index contributed by atoms with van der Waals surface area (Å²) in [5.74, 6) is -1.52. The van der Waals surface area contributed by atoms with Gasteiger partial charge < -0.3 is 10.0 Å². The quantitative estimate of drug-likeness (QED) is 0.446. The summed E-state index contributed by atoms with van der Waals surface area (Å²) in [6.45, 7) is 5.82. The molecule has 4 amide bonds. The van der Waals surface area contributed by atoms with E-state index in [-0.39, 0.29) is 18.0 Å². The first-order valence-electron chi connectivity index (χ1n) is 12.4. The molecule has 1 spiro atoms. The molecule has 1 unspecified atom stereocenters. The van der Waals surface area contributed by atoms with E-state index in [4.69, 9.17) is 0 Å². The van der Waals surface area contributed by atoms with Crippen molar-refractivity contribution in [2.75, 3.05) is 25.5 Å². The van der Waals surface area contributed by atoms with Gasteiger partial charge in [0.15, 0.2) is 5.41 Å². The predicted molar refractivity (Wildman–Crippen MR) is 139 cm³/mol. The molecule has 200 valence electrons. The van der Waals surface area contributed by atoms with Crippen molar-refractivity contribution in [3.63, 3.8) is 0 Å². The van der Waals surface area contributed by atoms with Crippen molar-refractivity contribution in [3.05, 3.63) is 50.2 Å². The molecule has 2 aromatic rings. The summed E-state index contributed by atoms with van der Waals surface area (Å²) in [5.41, 5.74) is -1.86. The van der Waals surface area contributed by atoms with Crippen molar-refractivity contribution < 1.29 is 19.5 Å². The minimum atomic E-state index is -1.43. The number of carbonyl (C=O) groups excluding carboxylic acids is 3. The van der Waals surface area contributed by atoms with Crippen LogP contribution in [0.25, 0.3) is 0 Å². The van der Waals surface area contributed by atoms with Crippen LogP contribution in [-0.2, 0) is 21.5 Å².